The van der Waals surface area contributed by atoms with Crippen LogP contribution in [-0.2, 0) is 16.8 Å². The molecule has 1 fully saturated rings. The molecule has 1 atom stereocenters. The highest BCUT2D eigenvalue weighted by molar-refractivity contribution is 7.87. The fourth-order valence-corrected chi connectivity index (χ4v) is 4.10. The highest BCUT2D eigenvalue weighted by Crippen LogP contribution is 2.18. The Morgan fingerprint density at radius 2 is 2.19 bits per heavy atom. The van der Waals surface area contributed by atoms with E-state index in [9.17, 15) is 8.42 Å². The van der Waals surface area contributed by atoms with E-state index in [1.807, 2.05) is 38.2 Å². The molecule has 0 spiro atoms. The predicted molar refractivity (Wildman–Crippen MR) is 85.2 cm³/mol. The molecule has 2 rings (SSSR count). The lowest BCUT2D eigenvalue weighted by Crippen LogP contribution is -2.47. The fourth-order valence-electron chi connectivity index (χ4n) is 2.79. The number of nitrogens with zero attached hydrogens (tertiary/aromatic N) is 1. The van der Waals surface area contributed by atoms with Gasteiger partial charge in [-0.25, -0.2) is 0 Å². The van der Waals surface area contributed by atoms with E-state index in [4.69, 9.17) is 0 Å². The SMILES string of the molecule is CNCC1CCCN(S(=O)(=O)NCc2cccc(C)c2)C1. The zero-order valence-corrected chi connectivity index (χ0v) is 13.6. The molecule has 1 aromatic carbocycles. The molecule has 1 unspecified atom stereocenters. The fraction of sp³-hybridized carbons (Fsp3) is 0.600. The first kappa shape index (κ1) is 16.4. The molecular formula is C15H25N3O2S. The summed E-state index contributed by atoms with van der Waals surface area (Å²) in [5.41, 5.74) is 2.13. The van der Waals surface area contributed by atoms with Gasteiger partial charge in [0.15, 0.2) is 0 Å². The monoisotopic (exact) mass is 311 g/mol. The summed E-state index contributed by atoms with van der Waals surface area (Å²) >= 11 is 0. The Morgan fingerprint density at radius 1 is 1.38 bits per heavy atom. The van der Waals surface area contributed by atoms with E-state index in [2.05, 4.69) is 10.0 Å². The van der Waals surface area contributed by atoms with Crippen LogP contribution in [0.4, 0.5) is 0 Å². The average molecular weight is 311 g/mol. The first-order chi connectivity index (χ1) is 10.0. The van der Waals surface area contributed by atoms with Gasteiger partial charge in [0.2, 0.25) is 0 Å². The molecule has 0 amide bonds. The molecule has 2 N–H and O–H groups in total. The Hall–Kier alpha value is -0.950. The molecule has 0 bridgehead atoms. The van der Waals surface area contributed by atoms with Gasteiger partial charge in [-0.2, -0.15) is 17.4 Å². The van der Waals surface area contributed by atoms with Gasteiger partial charge in [0, 0.05) is 19.6 Å². The average Bonchev–Trinajstić information content (AvgIpc) is 2.46. The summed E-state index contributed by atoms with van der Waals surface area (Å²) in [7, 11) is -1.48. The molecular weight excluding hydrogens is 286 g/mol. The van der Waals surface area contributed by atoms with Crippen molar-refractivity contribution in [3.63, 3.8) is 0 Å². The van der Waals surface area contributed by atoms with E-state index in [1.165, 1.54) is 0 Å². The molecule has 0 saturated carbocycles. The minimum Gasteiger partial charge on any atom is -0.319 e. The first-order valence-electron chi connectivity index (χ1n) is 7.46. The summed E-state index contributed by atoms with van der Waals surface area (Å²) in [4.78, 5) is 0. The van der Waals surface area contributed by atoms with Gasteiger partial charge >= 0.3 is 0 Å². The summed E-state index contributed by atoms with van der Waals surface area (Å²) in [5, 5.41) is 3.13. The van der Waals surface area contributed by atoms with E-state index >= 15 is 0 Å². The molecule has 118 valence electrons. The number of piperidine rings is 1. The van der Waals surface area contributed by atoms with Gasteiger partial charge in [0.1, 0.15) is 0 Å². The minimum atomic E-state index is -3.39. The molecule has 21 heavy (non-hydrogen) atoms. The Kier molecular flexibility index (Phi) is 5.75. The zero-order valence-electron chi connectivity index (χ0n) is 12.8. The number of hydrogen-bond donors (Lipinski definition) is 2. The predicted octanol–water partition coefficient (Wildman–Crippen LogP) is 1.26. The Balaban J connectivity index is 1.94. The van der Waals surface area contributed by atoms with Crippen LogP contribution in [0.5, 0.6) is 0 Å². The van der Waals surface area contributed by atoms with Crippen molar-refractivity contribution in [1.82, 2.24) is 14.3 Å². The van der Waals surface area contributed by atoms with Crippen LogP contribution in [0.1, 0.15) is 24.0 Å². The normalized spacial score (nSPS) is 20.6. The molecule has 1 aromatic rings. The Morgan fingerprint density at radius 3 is 2.90 bits per heavy atom. The Bertz CT molecular complexity index is 558. The minimum absolute atomic E-state index is 0.344. The van der Waals surface area contributed by atoms with Gasteiger partial charge in [0.25, 0.3) is 10.2 Å². The second kappa shape index (κ2) is 7.35. The quantitative estimate of drug-likeness (QED) is 0.831. The van der Waals surface area contributed by atoms with Gasteiger partial charge in [-0.05, 0) is 44.8 Å². The summed E-state index contributed by atoms with van der Waals surface area (Å²) in [6, 6.07) is 7.89. The molecule has 0 aliphatic carbocycles. The topological polar surface area (TPSA) is 61.4 Å². The lowest BCUT2D eigenvalue weighted by Gasteiger charge is -2.31. The van der Waals surface area contributed by atoms with Gasteiger partial charge < -0.3 is 5.32 Å². The lowest BCUT2D eigenvalue weighted by molar-refractivity contribution is 0.261. The number of rotatable bonds is 6. The van der Waals surface area contributed by atoms with Crippen LogP contribution in [0.2, 0.25) is 0 Å². The van der Waals surface area contributed by atoms with Gasteiger partial charge in [0.05, 0.1) is 0 Å². The second-order valence-corrected chi connectivity index (χ2v) is 7.49. The lowest BCUT2D eigenvalue weighted by atomic mass is 10.00. The van der Waals surface area contributed by atoms with E-state index in [0.717, 1.165) is 30.5 Å². The molecule has 1 heterocycles. The van der Waals surface area contributed by atoms with Gasteiger partial charge in [-0.3, -0.25) is 0 Å². The summed E-state index contributed by atoms with van der Waals surface area (Å²) in [6.07, 6.45) is 2.02. The van der Waals surface area contributed by atoms with Crippen LogP contribution in [-0.4, -0.2) is 39.4 Å². The number of benzene rings is 1. The molecule has 1 aliphatic rings. The van der Waals surface area contributed by atoms with Crippen molar-refractivity contribution in [1.29, 1.82) is 0 Å². The number of aryl methyl sites for hydroxylation is 1. The van der Waals surface area contributed by atoms with Crippen molar-refractivity contribution in [2.24, 2.45) is 5.92 Å². The molecule has 1 aliphatic heterocycles. The summed E-state index contributed by atoms with van der Waals surface area (Å²) in [5.74, 6) is 0.402. The first-order valence-corrected chi connectivity index (χ1v) is 8.90. The smallest absolute Gasteiger partial charge is 0.279 e. The highest BCUT2D eigenvalue weighted by Gasteiger charge is 2.28. The third kappa shape index (κ3) is 4.78. The van der Waals surface area contributed by atoms with Gasteiger partial charge in [-0.1, -0.05) is 29.8 Å². The summed E-state index contributed by atoms with van der Waals surface area (Å²) < 4.78 is 29.1. The maximum atomic E-state index is 12.4. The van der Waals surface area contributed by atoms with E-state index < -0.39 is 10.2 Å². The molecule has 0 aromatic heterocycles. The van der Waals surface area contributed by atoms with Crippen LogP contribution < -0.4 is 10.0 Å². The standard InChI is InChI=1S/C15H25N3O2S/c1-13-5-3-6-14(9-13)11-17-21(19,20)18-8-4-7-15(12-18)10-16-2/h3,5-6,9,15-17H,4,7-8,10-12H2,1-2H3. The maximum Gasteiger partial charge on any atom is 0.279 e. The number of hydrogen-bond acceptors (Lipinski definition) is 3. The van der Waals surface area contributed by atoms with Gasteiger partial charge in [-0.15, -0.1) is 0 Å². The van der Waals surface area contributed by atoms with Crippen molar-refractivity contribution >= 4 is 10.2 Å². The van der Waals surface area contributed by atoms with Crippen LogP contribution in [0.25, 0.3) is 0 Å². The molecule has 6 heteroatoms. The van der Waals surface area contributed by atoms with Crippen LogP contribution in [0.15, 0.2) is 24.3 Å². The zero-order chi connectivity index (χ0) is 15.3. The van der Waals surface area contributed by atoms with Crippen molar-refractivity contribution < 1.29 is 8.42 Å². The molecule has 1 saturated heterocycles. The molecule has 5 nitrogen and oxygen atoms in total. The van der Waals surface area contributed by atoms with Crippen molar-refractivity contribution in [2.45, 2.75) is 26.3 Å². The van der Waals surface area contributed by atoms with Crippen LogP contribution >= 0.6 is 0 Å². The van der Waals surface area contributed by atoms with Crippen molar-refractivity contribution in [3.8, 4) is 0 Å². The van der Waals surface area contributed by atoms with Crippen molar-refractivity contribution in [3.05, 3.63) is 35.4 Å². The second-order valence-electron chi connectivity index (χ2n) is 5.74. The van der Waals surface area contributed by atoms with E-state index in [1.54, 1.807) is 4.31 Å². The summed E-state index contributed by atoms with van der Waals surface area (Å²) in [6.45, 7) is 4.43. The third-order valence-corrected chi connectivity index (χ3v) is 5.38. The van der Waals surface area contributed by atoms with Crippen molar-refractivity contribution in [2.75, 3.05) is 26.7 Å². The largest absolute Gasteiger partial charge is 0.319 e. The highest BCUT2D eigenvalue weighted by atomic mass is 32.2. The Labute approximate surface area is 127 Å². The number of nitrogens with one attached hydrogen (secondary N) is 2. The third-order valence-electron chi connectivity index (χ3n) is 3.86. The van der Waals surface area contributed by atoms with E-state index in [-0.39, 0.29) is 0 Å². The molecule has 0 radical (unpaired) electrons. The van der Waals surface area contributed by atoms with Crippen LogP contribution in [0.3, 0.4) is 0 Å². The van der Waals surface area contributed by atoms with E-state index in [0.29, 0.717) is 25.6 Å². The maximum absolute atomic E-state index is 12.4. The van der Waals surface area contributed by atoms with Crippen LogP contribution in [0, 0.1) is 12.8 Å².